The monoisotopic (exact) mass is 266 g/mol. The van der Waals surface area contributed by atoms with Gasteiger partial charge in [-0.05, 0) is 13.0 Å². The van der Waals surface area contributed by atoms with Crippen LogP contribution < -0.4 is 5.73 Å². The van der Waals surface area contributed by atoms with Crippen LogP contribution in [0.1, 0.15) is 16.8 Å². The van der Waals surface area contributed by atoms with Crippen molar-refractivity contribution in [3.05, 3.63) is 52.1 Å². The number of nitrogen functional groups attached to an aromatic ring is 1. The molecule has 0 radical (unpaired) electrons. The van der Waals surface area contributed by atoms with Crippen molar-refractivity contribution < 1.29 is 4.39 Å². The van der Waals surface area contributed by atoms with Crippen molar-refractivity contribution >= 4 is 17.4 Å². The van der Waals surface area contributed by atoms with Crippen molar-refractivity contribution in [1.29, 1.82) is 5.41 Å². The second-order valence-electron chi connectivity index (χ2n) is 3.95. The minimum absolute atomic E-state index is 0.0995. The van der Waals surface area contributed by atoms with Crippen LogP contribution in [-0.2, 0) is 6.54 Å². The van der Waals surface area contributed by atoms with Gasteiger partial charge in [0.25, 0.3) is 0 Å². The molecule has 0 saturated heterocycles. The molecule has 1 heterocycles. The highest BCUT2D eigenvalue weighted by Gasteiger charge is 2.11. The number of aryl methyl sites for hydroxylation is 1. The van der Waals surface area contributed by atoms with E-state index in [9.17, 15) is 4.39 Å². The number of amidine groups is 1. The summed E-state index contributed by atoms with van der Waals surface area (Å²) in [6.45, 7) is 2.03. The van der Waals surface area contributed by atoms with Gasteiger partial charge in [0.1, 0.15) is 11.7 Å². The molecule has 2 rings (SSSR count). The molecule has 0 unspecified atom stereocenters. The van der Waals surface area contributed by atoms with Gasteiger partial charge in [-0.1, -0.05) is 23.7 Å². The number of halogens is 2. The van der Waals surface area contributed by atoms with Crippen molar-refractivity contribution in [2.45, 2.75) is 13.5 Å². The van der Waals surface area contributed by atoms with Crippen LogP contribution in [0.4, 0.5) is 4.39 Å². The third kappa shape index (κ3) is 2.36. The van der Waals surface area contributed by atoms with Gasteiger partial charge >= 0.3 is 0 Å². The van der Waals surface area contributed by atoms with Crippen LogP contribution >= 0.6 is 11.6 Å². The number of benzene rings is 1. The van der Waals surface area contributed by atoms with Crippen molar-refractivity contribution in [3.63, 3.8) is 0 Å². The first-order valence-corrected chi connectivity index (χ1v) is 5.68. The predicted octanol–water partition coefficient (Wildman–Crippen LogP) is 2.32. The molecule has 0 atom stereocenters. The zero-order valence-corrected chi connectivity index (χ0v) is 10.5. The minimum Gasteiger partial charge on any atom is -0.384 e. The number of hydrogen-bond acceptors (Lipinski definition) is 2. The Bertz CT molecular complexity index is 587. The van der Waals surface area contributed by atoms with E-state index >= 15 is 0 Å². The molecule has 0 saturated carbocycles. The lowest BCUT2D eigenvalue weighted by atomic mass is 10.1. The number of aromatic nitrogens is 2. The quantitative estimate of drug-likeness (QED) is 0.661. The van der Waals surface area contributed by atoms with Crippen molar-refractivity contribution in [1.82, 2.24) is 9.78 Å². The van der Waals surface area contributed by atoms with E-state index in [-0.39, 0.29) is 17.9 Å². The third-order valence-corrected chi connectivity index (χ3v) is 2.96. The predicted molar refractivity (Wildman–Crippen MR) is 68.5 cm³/mol. The SMILES string of the molecule is Cc1nn(Cc2cccc(C(=N)N)c2F)cc1Cl. The average Bonchev–Trinajstić information content (AvgIpc) is 2.60. The Morgan fingerprint density at radius 2 is 2.28 bits per heavy atom. The van der Waals surface area contributed by atoms with Gasteiger partial charge in [0, 0.05) is 11.8 Å². The maximum atomic E-state index is 14.0. The van der Waals surface area contributed by atoms with Gasteiger partial charge in [-0.25, -0.2) is 4.39 Å². The number of nitrogens with zero attached hydrogens (tertiary/aromatic N) is 2. The molecule has 6 heteroatoms. The largest absolute Gasteiger partial charge is 0.384 e. The second-order valence-corrected chi connectivity index (χ2v) is 4.36. The molecular weight excluding hydrogens is 255 g/mol. The van der Waals surface area contributed by atoms with E-state index < -0.39 is 5.82 Å². The Morgan fingerprint density at radius 3 is 2.83 bits per heavy atom. The fraction of sp³-hybridized carbons (Fsp3) is 0.167. The van der Waals surface area contributed by atoms with Gasteiger partial charge < -0.3 is 5.73 Å². The van der Waals surface area contributed by atoms with E-state index in [1.807, 2.05) is 0 Å². The molecule has 3 N–H and O–H groups in total. The van der Waals surface area contributed by atoms with E-state index in [1.165, 1.54) is 6.07 Å². The fourth-order valence-corrected chi connectivity index (χ4v) is 1.81. The van der Waals surface area contributed by atoms with Crippen LogP contribution in [-0.4, -0.2) is 15.6 Å². The Balaban J connectivity index is 2.35. The van der Waals surface area contributed by atoms with Crippen LogP contribution in [0.3, 0.4) is 0 Å². The molecule has 0 aliphatic heterocycles. The summed E-state index contributed by atoms with van der Waals surface area (Å²) < 4.78 is 15.6. The van der Waals surface area contributed by atoms with Gasteiger partial charge in [0.2, 0.25) is 0 Å². The third-order valence-electron chi connectivity index (χ3n) is 2.59. The summed E-state index contributed by atoms with van der Waals surface area (Å²) in [5.41, 5.74) is 6.52. The van der Waals surface area contributed by atoms with Crippen molar-refractivity contribution in [3.8, 4) is 0 Å². The molecule has 18 heavy (non-hydrogen) atoms. The number of rotatable bonds is 3. The summed E-state index contributed by atoms with van der Waals surface area (Å²) in [5.74, 6) is -0.779. The summed E-state index contributed by atoms with van der Waals surface area (Å²) in [4.78, 5) is 0. The number of nitrogens with one attached hydrogen (secondary N) is 1. The van der Waals surface area contributed by atoms with Crippen LogP contribution in [0.25, 0.3) is 0 Å². The Hall–Kier alpha value is -1.88. The van der Waals surface area contributed by atoms with E-state index in [2.05, 4.69) is 5.10 Å². The molecule has 1 aromatic heterocycles. The maximum Gasteiger partial charge on any atom is 0.139 e. The van der Waals surface area contributed by atoms with Crippen molar-refractivity contribution in [2.24, 2.45) is 5.73 Å². The second kappa shape index (κ2) is 4.78. The topological polar surface area (TPSA) is 67.7 Å². The summed E-state index contributed by atoms with van der Waals surface area (Å²) in [6.07, 6.45) is 1.64. The lowest BCUT2D eigenvalue weighted by Crippen LogP contribution is -2.15. The minimum atomic E-state index is -0.491. The van der Waals surface area contributed by atoms with Gasteiger partial charge in [0.15, 0.2) is 0 Å². The number of nitrogens with two attached hydrogens (primary N) is 1. The Morgan fingerprint density at radius 1 is 1.56 bits per heavy atom. The molecule has 94 valence electrons. The molecule has 0 aliphatic carbocycles. The average molecular weight is 267 g/mol. The first-order chi connectivity index (χ1) is 8.49. The zero-order chi connectivity index (χ0) is 13.3. The molecule has 0 fully saturated rings. The van der Waals surface area contributed by atoms with Gasteiger partial charge in [0.05, 0.1) is 22.8 Å². The van der Waals surface area contributed by atoms with E-state index in [0.717, 1.165) is 0 Å². The summed E-state index contributed by atoms with van der Waals surface area (Å²) in [5, 5.41) is 12.0. The first kappa shape index (κ1) is 12.6. The van der Waals surface area contributed by atoms with E-state index in [1.54, 1.807) is 29.9 Å². The molecular formula is C12H12ClFN4. The summed E-state index contributed by atoms with van der Waals surface area (Å²) in [7, 11) is 0. The maximum absolute atomic E-state index is 14.0. The molecule has 0 aliphatic rings. The highest BCUT2D eigenvalue weighted by Crippen LogP contribution is 2.16. The smallest absolute Gasteiger partial charge is 0.139 e. The van der Waals surface area contributed by atoms with Gasteiger partial charge in [-0.2, -0.15) is 5.10 Å². The van der Waals surface area contributed by atoms with Crippen LogP contribution in [0.2, 0.25) is 5.02 Å². The van der Waals surface area contributed by atoms with Gasteiger partial charge in [-0.15, -0.1) is 0 Å². The number of hydrogen-bond donors (Lipinski definition) is 2. The Kier molecular flexibility index (Phi) is 3.34. The van der Waals surface area contributed by atoms with Crippen molar-refractivity contribution in [2.75, 3.05) is 0 Å². The van der Waals surface area contributed by atoms with E-state index in [4.69, 9.17) is 22.7 Å². The molecule has 0 amide bonds. The van der Waals surface area contributed by atoms with Crippen LogP contribution in [0.5, 0.6) is 0 Å². The summed E-state index contributed by atoms with van der Waals surface area (Å²) in [6, 6.07) is 4.77. The molecule has 0 spiro atoms. The van der Waals surface area contributed by atoms with Gasteiger partial charge in [-0.3, -0.25) is 10.1 Å². The van der Waals surface area contributed by atoms with E-state index in [0.29, 0.717) is 16.3 Å². The standard InChI is InChI=1S/C12H12ClFN4/c1-7-10(13)6-18(17-7)5-8-3-2-4-9(11(8)14)12(15)16/h2-4,6H,5H2,1H3,(H3,15,16). The van der Waals surface area contributed by atoms with Crippen LogP contribution in [0, 0.1) is 18.2 Å². The lowest BCUT2D eigenvalue weighted by molar-refractivity contribution is 0.581. The Labute approximate surface area is 109 Å². The zero-order valence-electron chi connectivity index (χ0n) is 9.74. The molecule has 2 aromatic rings. The molecule has 1 aromatic carbocycles. The highest BCUT2D eigenvalue weighted by molar-refractivity contribution is 6.31. The lowest BCUT2D eigenvalue weighted by Gasteiger charge is -2.07. The fourth-order valence-electron chi connectivity index (χ4n) is 1.66. The summed E-state index contributed by atoms with van der Waals surface area (Å²) >= 11 is 5.89. The molecule has 4 nitrogen and oxygen atoms in total. The molecule has 0 bridgehead atoms. The normalized spacial score (nSPS) is 10.6. The highest BCUT2D eigenvalue weighted by atomic mass is 35.5. The first-order valence-electron chi connectivity index (χ1n) is 5.30. The van der Waals surface area contributed by atoms with Crippen LogP contribution in [0.15, 0.2) is 24.4 Å².